The van der Waals surface area contributed by atoms with Gasteiger partial charge in [0.15, 0.2) is 0 Å². The quantitative estimate of drug-likeness (QED) is 0.637. The van der Waals surface area contributed by atoms with Crippen molar-refractivity contribution >= 4 is 5.91 Å². The van der Waals surface area contributed by atoms with Gasteiger partial charge in [0.1, 0.15) is 5.69 Å². The van der Waals surface area contributed by atoms with Crippen LogP contribution in [0.1, 0.15) is 30.8 Å². The van der Waals surface area contributed by atoms with Gasteiger partial charge >= 0.3 is 0 Å². The van der Waals surface area contributed by atoms with E-state index in [0.717, 1.165) is 6.42 Å². The molecule has 4 N–H and O–H groups in total. The van der Waals surface area contributed by atoms with Gasteiger partial charge in [-0.2, -0.15) is 0 Å². The number of aliphatic hydroxyl groups is 1. The fourth-order valence-electron chi connectivity index (χ4n) is 1.76. The zero-order chi connectivity index (χ0) is 13.5. The number of aliphatic hydroxyl groups excluding tert-OH is 1. The molecule has 0 saturated heterocycles. The lowest BCUT2D eigenvalue weighted by Gasteiger charge is -2.17. The Balaban J connectivity index is 2.57. The molecule has 0 spiro atoms. The number of carbonyl (C=O) groups is 1. The van der Waals surface area contributed by atoms with Crippen LogP contribution in [-0.4, -0.2) is 39.8 Å². The fraction of sp³-hybridized carbons (Fsp3) is 0.667. The third-order valence-electron chi connectivity index (χ3n) is 2.56. The standard InChI is InChI=1S/C12H22N4O2/c1-9(2)5-10(7-17)15-12(18)11-6-16(4-3-13)8-14-11/h6,8-10,17H,3-5,7,13H2,1-2H3,(H,15,18). The first-order valence-electron chi connectivity index (χ1n) is 6.20. The van der Waals surface area contributed by atoms with Gasteiger partial charge in [0, 0.05) is 19.3 Å². The Morgan fingerprint density at radius 2 is 2.33 bits per heavy atom. The van der Waals surface area contributed by atoms with Gasteiger partial charge in [-0.1, -0.05) is 13.8 Å². The van der Waals surface area contributed by atoms with Gasteiger partial charge in [0.25, 0.3) is 5.91 Å². The zero-order valence-corrected chi connectivity index (χ0v) is 11.0. The van der Waals surface area contributed by atoms with E-state index in [1.807, 2.05) is 13.8 Å². The molecule has 0 radical (unpaired) electrons. The lowest BCUT2D eigenvalue weighted by Crippen LogP contribution is -2.38. The van der Waals surface area contributed by atoms with Gasteiger partial charge < -0.3 is 20.7 Å². The van der Waals surface area contributed by atoms with Gasteiger partial charge in [0.05, 0.1) is 19.0 Å². The van der Waals surface area contributed by atoms with Crippen molar-refractivity contribution in [2.75, 3.05) is 13.2 Å². The molecule has 1 amide bonds. The van der Waals surface area contributed by atoms with E-state index in [4.69, 9.17) is 5.73 Å². The van der Waals surface area contributed by atoms with Gasteiger partial charge in [0.2, 0.25) is 0 Å². The molecule has 1 aromatic heterocycles. The molecule has 0 aromatic carbocycles. The van der Waals surface area contributed by atoms with E-state index in [9.17, 15) is 9.90 Å². The second-order valence-electron chi connectivity index (χ2n) is 4.77. The largest absolute Gasteiger partial charge is 0.394 e. The summed E-state index contributed by atoms with van der Waals surface area (Å²) in [5, 5.41) is 12.0. The summed E-state index contributed by atoms with van der Waals surface area (Å²) >= 11 is 0. The summed E-state index contributed by atoms with van der Waals surface area (Å²) < 4.78 is 1.77. The number of nitrogens with one attached hydrogen (secondary N) is 1. The number of hydrogen-bond donors (Lipinski definition) is 3. The molecule has 1 atom stereocenters. The van der Waals surface area contributed by atoms with Crippen molar-refractivity contribution in [2.45, 2.75) is 32.9 Å². The number of rotatable bonds is 7. The molecule has 1 aromatic rings. The number of hydrogen-bond acceptors (Lipinski definition) is 4. The number of imidazole rings is 1. The third-order valence-corrected chi connectivity index (χ3v) is 2.56. The van der Waals surface area contributed by atoms with Crippen molar-refractivity contribution in [2.24, 2.45) is 11.7 Å². The minimum Gasteiger partial charge on any atom is -0.394 e. The second kappa shape index (κ2) is 7.13. The van der Waals surface area contributed by atoms with Crippen LogP contribution >= 0.6 is 0 Å². The summed E-state index contributed by atoms with van der Waals surface area (Å²) in [6, 6.07) is -0.225. The summed E-state index contributed by atoms with van der Waals surface area (Å²) in [5.41, 5.74) is 5.77. The fourth-order valence-corrected chi connectivity index (χ4v) is 1.76. The molecular formula is C12H22N4O2. The molecule has 6 nitrogen and oxygen atoms in total. The van der Waals surface area contributed by atoms with Crippen LogP contribution in [-0.2, 0) is 6.54 Å². The molecule has 0 aliphatic carbocycles. The highest BCUT2D eigenvalue weighted by Crippen LogP contribution is 2.05. The van der Waals surface area contributed by atoms with Crippen LogP contribution in [0.2, 0.25) is 0 Å². The smallest absolute Gasteiger partial charge is 0.271 e. The van der Waals surface area contributed by atoms with E-state index in [0.29, 0.717) is 24.7 Å². The van der Waals surface area contributed by atoms with Crippen LogP contribution in [0.25, 0.3) is 0 Å². The highest BCUT2D eigenvalue weighted by molar-refractivity contribution is 5.92. The van der Waals surface area contributed by atoms with Crippen molar-refractivity contribution < 1.29 is 9.90 Å². The monoisotopic (exact) mass is 254 g/mol. The molecule has 1 unspecified atom stereocenters. The van der Waals surface area contributed by atoms with Crippen LogP contribution in [0.3, 0.4) is 0 Å². The average molecular weight is 254 g/mol. The first kappa shape index (κ1) is 14.7. The zero-order valence-electron chi connectivity index (χ0n) is 11.0. The summed E-state index contributed by atoms with van der Waals surface area (Å²) in [4.78, 5) is 15.9. The molecular weight excluding hydrogens is 232 g/mol. The lowest BCUT2D eigenvalue weighted by atomic mass is 10.0. The Bertz CT molecular complexity index is 376. The van der Waals surface area contributed by atoms with Gasteiger partial charge in [-0.15, -0.1) is 0 Å². The Hall–Kier alpha value is -1.40. The number of nitrogens with two attached hydrogens (primary N) is 1. The van der Waals surface area contributed by atoms with E-state index >= 15 is 0 Å². The molecule has 0 fully saturated rings. The maximum atomic E-state index is 11.9. The number of aromatic nitrogens is 2. The summed E-state index contributed by atoms with van der Waals surface area (Å²) in [5.74, 6) is 0.155. The predicted molar refractivity (Wildman–Crippen MR) is 69.1 cm³/mol. The molecule has 0 bridgehead atoms. The van der Waals surface area contributed by atoms with E-state index in [-0.39, 0.29) is 18.6 Å². The first-order chi connectivity index (χ1) is 8.56. The second-order valence-corrected chi connectivity index (χ2v) is 4.77. The summed E-state index contributed by atoms with van der Waals surface area (Å²) in [7, 11) is 0. The first-order valence-corrected chi connectivity index (χ1v) is 6.20. The summed E-state index contributed by atoms with van der Waals surface area (Å²) in [6.07, 6.45) is 3.98. The molecule has 1 heterocycles. The van der Waals surface area contributed by atoms with Gasteiger partial charge in [-0.05, 0) is 12.3 Å². The molecule has 0 aliphatic heterocycles. The SMILES string of the molecule is CC(C)CC(CO)NC(=O)c1cn(CCN)cn1. The van der Waals surface area contributed by atoms with Crippen LogP contribution in [0.15, 0.2) is 12.5 Å². The van der Waals surface area contributed by atoms with E-state index in [1.54, 1.807) is 17.1 Å². The third kappa shape index (κ3) is 4.46. The summed E-state index contributed by atoms with van der Waals surface area (Å²) in [6.45, 7) is 5.17. The molecule has 18 heavy (non-hydrogen) atoms. The van der Waals surface area contributed by atoms with Crippen molar-refractivity contribution in [3.05, 3.63) is 18.2 Å². The molecule has 0 aliphatic rings. The number of amides is 1. The normalized spacial score (nSPS) is 12.7. The Labute approximate surface area is 107 Å². The van der Waals surface area contributed by atoms with Crippen LogP contribution < -0.4 is 11.1 Å². The molecule has 6 heteroatoms. The Kier molecular flexibility index (Phi) is 5.80. The van der Waals surface area contributed by atoms with Crippen molar-refractivity contribution in [3.63, 3.8) is 0 Å². The highest BCUT2D eigenvalue weighted by atomic mass is 16.3. The van der Waals surface area contributed by atoms with Crippen molar-refractivity contribution in [3.8, 4) is 0 Å². The van der Waals surface area contributed by atoms with Crippen LogP contribution in [0.5, 0.6) is 0 Å². The average Bonchev–Trinajstić information content (AvgIpc) is 2.76. The van der Waals surface area contributed by atoms with Gasteiger partial charge in [-0.25, -0.2) is 4.98 Å². The Morgan fingerprint density at radius 3 is 2.89 bits per heavy atom. The van der Waals surface area contributed by atoms with Crippen molar-refractivity contribution in [1.82, 2.24) is 14.9 Å². The number of carbonyl (C=O) groups excluding carboxylic acids is 1. The molecule has 1 rings (SSSR count). The topological polar surface area (TPSA) is 93.2 Å². The highest BCUT2D eigenvalue weighted by Gasteiger charge is 2.16. The van der Waals surface area contributed by atoms with E-state index in [1.165, 1.54) is 0 Å². The minimum absolute atomic E-state index is 0.0621. The maximum Gasteiger partial charge on any atom is 0.271 e. The number of nitrogens with zero attached hydrogens (tertiary/aromatic N) is 2. The lowest BCUT2D eigenvalue weighted by molar-refractivity contribution is 0.0903. The predicted octanol–water partition coefficient (Wildman–Crippen LogP) is -0.0214. The van der Waals surface area contributed by atoms with Crippen LogP contribution in [0, 0.1) is 5.92 Å². The van der Waals surface area contributed by atoms with E-state index in [2.05, 4.69) is 10.3 Å². The van der Waals surface area contributed by atoms with Crippen LogP contribution in [0.4, 0.5) is 0 Å². The molecule has 102 valence electrons. The van der Waals surface area contributed by atoms with E-state index < -0.39 is 0 Å². The molecule has 0 saturated carbocycles. The maximum absolute atomic E-state index is 11.9. The van der Waals surface area contributed by atoms with Crippen molar-refractivity contribution in [1.29, 1.82) is 0 Å². The minimum atomic E-state index is -0.259. The van der Waals surface area contributed by atoms with Gasteiger partial charge in [-0.3, -0.25) is 4.79 Å². The Morgan fingerprint density at radius 1 is 1.61 bits per heavy atom.